The summed E-state index contributed by atoms with van der Waals surface area (Å²) in [5, 5.41) is 20.3. The highest BCUT2D eigenvalue weighted by atomic mass is 16.4. The number of hydrogen-bond acceptors (Lipinski definition) is 4. The molecule has 0 bridgehead atoms. The highest BCUT2D eigenvalue weighted by Gasteiger charge is 2.17. The maximum absolute atomic E-state index is 11.1. The van der Waals surface area contributed by atoms with Crippen LogP contribution in [0.2, 0.25) is 0 Å². The van der Waals surface area contributed by atoms with Gasteiger partial charge in [-0.15, -0.1) is 15.0 Å². The van der Waals surface area contributed by atoms with Gasteiger partial charge in [-0.2, -0.15) is 0 Å². The van der Waals surface area contributed by atoms with Crippen molar-refractivity contribution in [3.8, 4) is 5.69 Å². The molecule has 0 unspecified atom stereocenters. The number of carboxylic acids is 1. The Morgan fingerprint density at radius 3 is 2.58 bits per heavy atom. The fourth-order valence-corrected chi connectivity index (χ4v) is 1.61. The molecule has 1 aromatic heterocycles. The van der Waals surface area contributed by atoms with Gasteiger partial charge in [0.15, 0.2) is 5.82 Å². The van der Waals surface area contributed by atoms with Gasteiger partial charge >= 0.3 is 5.97 Å². The van der Waals surface area contributed by atoms with E-state index in [1.165, 1.54) is 4.80 Å². The van der Waals surface area contributed by atoms with Gasteiger partial charge in [-0.3, -0.25) is 0 Å². The van der Waals surface area contributed by atoms with Crippen molar-refractivity contribution < 1.29 is 9.90 Å². The van der Waals surface area contributed by atoms with E-state index >= 15 is 0 Å². The fraction of sp³-hybridized carbons (Fsp3) is 0.308. The molecular weight excluding hydrogens is 244 g/mol. The van der Waals surface area contributed by atoms with E-state index in [0.29, 0.717) is 12.4 Å². The number of nitrogens with one attached hydrogen (secondary N) is 1. The molecular formula is C13H16N4O2. The summed E-state index contributed by atoms with van der Waals surface area (Å²) >= 11 is 0. The van der Waals surface area contributed by atoms with Crippen molar-refractivity contribution in [3.05, 3.63) is 35.5 Å². The van der Waals surface area contributed by atoms with Gasteiger partial charge in [0.2, 0.25) is 5.69 Å². The second kappa shape index (κ2) is 5.51. The van der Waals surface area contributed by atoms with Gasteiger partial charge in [0.25, 0.3) is 0 Å². The van der Waals surface area contributed by atoms with Crippen LogP contribution >= 0.6 is 0 Å². The Labute approximate surface area is 111 Å². The fourth-order valence-electron chi connectivity index (χ4n) is 1.61. The van der Waals surface area contributed by atoms with E-state index in [9.17, 15) is 4.79 Å². The van der Waals surface area contributed by atoms with Crippen LogP contribution in [-0.4, -0.2) is 32.6 Å². The van der Waals surface area contributed by atoms with E-state index in [1.54, 1.807) is 0 Å². The Bertz CT molecular complexity index is 575. The first kappa shape index (κ1) is 13.1. The predicted molar refractivity (Wildman–Crippen MR) is 71.8 cm³/mol. The smallest absolute Gasteiger partial charge is 0.360 e. The van der Waals surface area contributed by atoms with E-state index in [4.69, 9.17) is 5.11 Å². The molecule has 0 aliphatic carbocycles. The monoisotopic (exact) mass is 260 g/mol. The summed E-state index contributed by atoms with van der Waals surface area (Å²) in [6, 6.07) is 7.56. The molecule has 0 saturated heterocycles. The van der Waals surface area contributed by atoms with Crippen molar-refractivity contribution in [2.75, 3.05) is 11.9 Å². The van der Waals surface area contributed by atoms with Gasteiger partial charge in [-0.1, -0.05) is 24.6 Å². The van der Waals surface area contributed by atoms with Crippen LogP contribution in [0, 0.1) is 6.92 Å². The Hall–Kier alpha value is -2.37. The highest BCUT2D eigenvalue weighted by molar-refractivity contribution is 5.90. The van der Waals surface area contributed by atoms with E-state index in [2.05, 4.69) is 15.5 Å². The SMILES string of the molecule is CCCNc1nn(-c2ccc(C)cc2)nc1C(=O)O. The molecule has 2 aromatic rings. The zero-order valence-electron chi connectivity index (χ0n) is 10.9. The summed E-state index contributed by atoms with van der Waals surface area (Å²) in [7, 11) is 0. The third-order valence-corrected chi connectivity index (χ3v) is 2.62. The maximum atomic E-state index is 11.1. The predicted octanol–water partition coefficient (Wildman–Crippen LogP) is 2.10. The van der Waals surface area contributed by atoms with Crippen LogP contribution in [0.3, 0.4) is 0 Å². The Morgan fingerprint density at radius 1 is 1.32 bits per heavy atom. The Kier molecular flexibility index (Phi) is 3.79. The first-order chi connectivity index (χ1) is 9.11. The minimum Gasteiger partial charge on any atom is -0.476 e. The van der Waals surface area contributed by atoms with E-state index in [1.807, 2.05) is 38.1 Å². The molecule has 0 amide bonds. The largest absolute Gasteiger partial charge is 0.476 e. The lowest BCUT2D eigenvalue weighted by Crippen LogP contribution is -2.06. The minimum absolute atomic E-state index is 0.0611. The molecule has 1 aromatic carbocycles. The topological polar surface area (TPSA) is 80.0 Å². The molecule has 0 aliphatic rings. The first-order valence-electron chi connectivity index (χ1n) is 6.13. The Morgan fingerprint density at radius 2 is 2.00 bits per heavy atom. The second-order valence-corrected chi connectivity index (χ2v) is 4.25. The van der Waals surface area contributed by atoms with Gasteiger partial charge in [0.1, 0.15) is 0 Å². The number of carboxylic acid groups (broad SMARTS) is 1. The van der Waals surface area contributed by atoms with Crippen molar-refractivity contribution in [2.45, 2.75) is 20.3 Å². The zero-order chi connectivity index (χ0) is 13.8. The Balaban J connectivity index is 2.36. The number of aromatic nitrogens is 3. The van der Waals surface area contributed by atoms with E-state index < -0.39 is 5.97 Å². The van der Waals surface area contributed by atoms with Crippen LogP contribution in [0.25, 0.3) is 5.69 Å². The summed E-state index contributed by atoms with van der Waals surface area (Å²) in [5.41, 5.74) is 1.80. The van der Waals surface area contributed by atoms with Crippen LogP contribution in [-0.2, 0) is 0 Å². The van der Waals surface area contributed by atoms with Crippen LogP contribution < -0.4 is 5.32 Å². The molecule has 19 heavy (non-hydrogen) atoms. The zero-order valence-corrected chi connectivity index (χ0v) is 10.9. The maximum Gasteiger partial charge on any atom is 0.360 e. The van der Waals surface area contributed by atoms with Crippen LogP contribution in [0.5, 0.6) is 0 Å². The molecule has 0 spiro atoms. The van der Waals surface area contributed by atoms with E-state index in [0.717, 1.165) is 17.7 Å². The van der Waals surface area contributed by atoms with Crippen molar-refractivity contribution >= 4 is 11.8 Å². The van der Waals surface area contributed by atoms with Crippen molar-refractivity contribution in [3.63, 3.8) is 0 Å². The van der Waals surface area contributed by atoms with Gasteiger partial charge < -0.3 is 10.4 Å². The standard InChI is InChI=1S/C13H16N4O2/c1-3-8-14-12-11(13(18)19)15-17(16-12)10-6-4-9(2)5-7-10/h4-7H,3,8H2,1-2H3,(H,14,16)(H,18,19). The minimum atomic E-state index is -1.09. The normalized spacial score (nSPS) is 10.4. The van der Waals surface area contributed by atoms with Crippen molar-refractivity contribution in [1.82, 2.24) is 15.0 Å². The average molecular weight is 260 g/mol. The first-order valence-corrected chi connectivity index (χ1v) is 6.13. The second-order valence-electron chi connectivity index (χ2n) is 4.25. The van der Waals surface area contributed by atoms with Crippen LogP contribution in [0.4, 0.5) is 5.82 Å². The molecule has 0 saturated carbocycles. The van der Waals surface area contributed by atoms with Crippen LogP contribution in [0.1, 0.15) is 29.4 Å². The summed E-state index contributed by atoms with van der Waals surface area (Å²) in [6.45, 7) is 4.64. The highest BCUT2D eigenvalue weighted by Crippen LogP contribution is 2.14. The molecule has 2 rings (SSSR count). The third kappa shape index (κ3) is 2.90. The summed E-state index contributed by atoms with van der Waals surface area (Å²) < 4.78 is 0. The number of aromatic carboxylic acids is 1. The quantitative estimate of drug-likeness (QED) is 0.860. The molecule has 0 aliphatic heterocycles. The average Bonchev–Trinajstić information content (AvgIpc) is 2.81. The lowest BCUT2D eigenvalue weighted by Gasteiger charge is -2.00. The molecule has 0 atom stereocenters. The lowest BCUT2D eigenvalue weighted by atomic mass is 10.2. The van der Waals surface area contributed by atoms with Gasteiger partial charge in [-0.05, 0) is 25.5 Å². The van der Waals surface area contributed by atoms with Gasteiger partial charge in [0.05, 0.1) is 5.69 Å². The summed E-state index contributed by atoms with van der Waals surface area (Å²) in [6.07, 6.45) is 0.885. The molecule has 6 heteroatoms. The van der Waals surface area contributed by atoms with Crippen molar-refractivity contribution in [1.29, 1.82) is 0 Å². The summed E-state index contributed by atoms with van der Waals surface area (Å²) in [5.74, 6) is -0.785. The third-order valence-electron chi connectivity index (χ3n) is 2.62. The number of aryl methyl sites for hydroxylation is 1. The number of rotatable bonds is 5. The number of carbonyl (C=O) groups is 1. The molecule has 100 valence electrons. The summed E-state index contributed by atoms with van der Waals surface area (Å²) in [4.78, 5) is 12.5. The van der Waals surface area contributed by atoms with Gasteiger partial charge in [-0.25, -0.2) is 4.79 Å². The van der Waals surface area contributed by atoms with Crippen LogP contribution in [0.15, 0.2) is 24.3 Å². The number of anilines is 1. The van der Waals surface area contributed by atoms with E-state index in [-0.39, 0.29) is 5.69 Å². The molecule has 1 heterocycles. The number of benzene rings is 1. The van der Waals surface area contributed by atoms with Gasteiger partial charge in [0, 0.05) is 6.54 Å². The molecule has 0 radical (unpaired) electrons. The molecule has 2 N–H and O–H groups in total. The molecule has 0 fully saturated rings. The number of nitrogens with zero attached hydrogens (tertiary/aromatic N) is 3. The lowest BCUT2D eigenvalue weighted by molar-refractivity contribution is 0.0691. The van der Waals surface area contributed by atoms with Crippen molar-refractivity contribution in [2.24, 2.45) is 0 Å². The molecule has 6 nitrogen and oxygen atoms in total. The number of hydrogen-bond donors (Lipinski definition) is 2.